The number of halogens is 1. The van der Waals surface area contributed by atoms with Crippen molar-refractivity contribution in [1.29, 1.82) is 0 Å². The number of rotatable bonds is 6. The molecule has 6 heteroatoms. The Labute approximate surface area is 150 Å². The van der Waals surface area contributed by atoms with Gasteiger partial charge in [0.2, 0.25) is 0 Å². The van der Waals surface area contributed by atoms with Gasteiger partial charge in [0.15, 0.2) is 12.6 Å². The van der Waals surface area contributed by atoms with Gasteiger partial charge in [0.1, 0.15) is 0 Å². The Balaban J connectivity index is 1.88. The van der Waals surface area contributed by atoms with Crippen molar-refractivity contribution in [3.8, 4) is 0 Å². The van der Waals surface area contributed by atoms with Crippen LogP contribution >= 0.6 is 15.9 Å². The van der Waals surface area contributed by atoms with Gasteiger partial charge < -0.3 is 15.5 Å². The number of hydrogen-bond donors (Lipinski definition) is 3. The van der Waals surface area contributed by atoms with Crippen molar-refractivity contribution in [3.63, 3.8) is 0 Å². The van der Waals surface area contributed by atoms with Gasteiger partial charge in [0, 0.05) is 10.2 Å². The second-order valence-corrected chi connectivity index (χ2v) is 6.48. The van der Waals surface area contributed by atoms with Crippen LogP contribution in [0.5, 0.6) is 0 Å². The Morgan fingerprint density at radius 2 is 1.67 bits per heavy atom. The van der Waals surface area contributed by atoms with Crippen molar-refractivity contribution in [3.05, 3.63) is 59.1 Å². The molecule has 2 aromatic carbocycles. The third-order valence-electron chi connectivity index (χ3n) is 3.76. The quantitative estimate of drug-likeness (QED) is 0.705. The van der Waals surface area contributed by atoms with Crippen LogP contribution in [-0.2, 0) is 9.59 Å². The van der Waals surface area contributed by atoms with E-state index in [1.807, 2.05) is 61.6 Å². The minimum absolute atomic E-state index is 0.118. The Hall–Kier alpha value is -2.18. The maximum atomic E-state index is 12.3. The summed E-state index contributed by atoms with van der Waals surface area (Å²) in [7, 11) is 1.83. The summed E-state index contributed by atoms with van der Waals surface area (Å²) in [6.07, 6.45) is 0. The smallest absolute Gasteiger partial charge is 0.282 e. The molecule has 0 saturated carbocycles. The van der Waals surface area contributed by atoms with Crippen LogP contribution in [0.3, 0.4) is 0 Å². The summed E-state index contributed by atoms with van der Waals surface area (Å²) in [5.41, 5.74) is 1.47. The summed E-state index contributed by atoms with van der Waals surface area (Å²) in [6, 6.07) is 16.4. The summed E-state index contributed by atoms with van der Waals surface area (Å²) < 4.78 is 0.825. The largest absolute Gasteiger partial charge is 0.321 e. The fourth-order valence-electron chi connectivity index (χ4n) is 2.16. The number of anilines is 2. The van der Waals surface area contributed by atoms with E-state index in [9.17, 15) is 9.59 Å². The molecule has 0 fully saturated rings. The molecule has 2 rings (SSSR count). The molecule has 0 heterocycles. The first-order valence-corrected chi connectivity index (χ1v) is 8.49. The number of amides is 2. The number of quaternary nitrogens is 1. The molecule has 2 aromatic rings. The monoisotopic (exact) mass is 390 g/mol. The maximum absolute atomic E-state index is 12.3. The van der Waals surface area contributed by atoms with Crippen LogP contribution in [0.25, 0.3) is 0 Å². The van der Waals surface area contributed by atoms with Crippen LogP contribution in [0.1, 0.15) is 6.92 Å². The first-order valence-electron chi connectivity index (χ1n) is 7.70. The number of hydrogen-bond acceptors (Lipinski definition) is 2. The number of para-hydroxylation sites is 2. The van der Waals surface area contributed by atoms with E-state index in [1.165, 1.54) is 0 Å². The van der Waals surface area contributed by atoms with E-state index in [0.29, 0.717) is 0 Å². The molecular weight excluding hydrogens is 370 g/mol. The lowest BCUT2D eigenvalue weighted by Crippen LogP contribution is -3.14. The molecule has 0 aliphatic rings. The lowest BCUT2D eigenvalue weighted by molar-refractivity contribution is -0.885. The lowest BCUT2D eigenvalue weighted by Gasteiger charge is -2.20. The number of carbonyl (C=O) groups is 2. The van der Waals surface area contributed by atoms with Gasteiger partial charge >= 0.3 is 0 Å². The highest BCUT2D eigenvalue weighted by Crippen LogP contribution is 2.20. The van der Waals surface area contributed by atoms with Crippen molar-refractivity contribution >= 4 is 39.1 Å². The zero-order chi connectivity index (χ0) is 17.5. The van der Waals surface area contributed by atoms with Crippen molar-refractivity contribution < 1.29 is 14.5 Å². The second kappa shape index (κ2) is 8.61. The molecular formula is C18H21BrN3O2+. The van der Waals surface area contributed by atoms with E-state index in [-0.39, 0.29) is 24.4 Å². The van der Waals surface area contributed by atoms with E-state index in [0.717, 1.165) is 20.7 Å². The fraction of sp³-hybridized carbons (Fsp3) is 0.222. The lowest BCUT2D eigenvalue weighted by atomic mass is 10.2. The second-order valence-electron chi connectivity index (χ2n) is 5.63. The summed E-state index contributed by atoms with van der Waals surface area (Å²) in [6.45, 7) is 2.00. The highest BCUT2D eigenvalue weighted by molar-refractivity contribution is 9.10. The third kappa shape index (κ3) is 5.18. The topological polar surface area (TPSA) is 62.6 Å². The summed E-state index contributed by atoms with van der Waals surface area (Å²) >= 11 is 3.39. The number of carbonyl (C=O) groups excluding carboxylic acids is 2. The average Bonchev–Trinajstić information content (AvgIpc) is 2.57. The number of likely N-dealkylation sites (N-methyl/N-ethyl adjacent to an activating group) is 1. The highest BCUT2D eigenvalue weighted by Gasteiger charge is 2.24. The van der Waals surface area contributed by atoms with Crippen LogP contribution < -0.4 is 15.5 Å². The van der Waals surface area contributed by atoms with Gasteiger partial charge in [-0.05, 0) is 47.1 Å². The zero-order valence-electron chi connectivity index (χ0n) is 13.7. The molecule has 0 aromatic heterocycles. The Morgan fingerprint density at radius 1 is 1.04 bits per heavy atom. The molecule has 3 N–H and O–H groups in total. The SMILES string of the molecule is C[C@H](C(=O)Nc1ccccc1)[NH+](C)CC(=O)Nc1ccccc1Br. The summed E-state index contributed by atoms with van der Waals surface area (Å²) in [5.74, 6) is -0.258. The first kappa shape index (κ1) is 18.2. The number of nitrogens with one attached hydrogen (secondary N) is 3. The van der Waals surface area contributed by atoms with Crippen molar-refractivity contribution in [2.75, 3.05) is 24.2 Å². The van der Waals surface area contributed by atoms with Crippen molar-refractivity contribution in [2.24, 2.45) is 0 Å². The average molecular weight is 391 g/mol. The molecule has 1 unspecified atom stereocenters. The summed E-state index contributed by atoms with van der Waals surface area (Å²) in [4.78, 5) is 25.3. The van der Waals surface area contributed by atoms with E-state index in [2.05, 4.69) is 26.6 Å². The van der Waals surface area contributed by atoms with Crippen molar-refractivity contribution in [1.82, 2.24) is 0 Å². The van der Waals surface area contributed by atoms with Gasteiger partial charge in [-0.3, -0.25) is 9.59 Å². The van der Waals surface area contributed by atoms with Crippen LogP contribution in [0.2, 0.25) is 0 Å². The molecule has 0 saturated heterocycles. The van der Waals surface area contributed by atoms with E-state index in [1.54, 1.807) is 6.92 Å². The molecule has 0 aliphatic heterocycles. The van der Waals surface area contributed by atoms with E-state index >= 15 is 0 Å². The molecule has 5 nitrogen and oxygen atoms in total. The standard InChI is InChI=1S/C18H20BrN3O2/c1-13(18(24)20-14-8-4-3-5-9-14)22(2)12-17(23)21-16-11-7-6-10-15(16)19/h3-11,13H,12H2,1-2H3,(H,20,24)(H,21,23)/p+1/t13-/m1/s1. The van der Waals surface area contributed by atoms with Gasteiger partial charge in [0.05, 0.1) is 12.7 Å². The Bertz CT molecular complexity index is 706. The fourth-order valence-corrected chi connectivity index (χ4v) is 2.54. The van der Waals surface area contributed by atoms with Crippen LogP contribution in [-0.4, -0.2) is 31.4 Å². The van der Waals surface area contributed by atoms with E-state index in [4.69, 9.17) is 0 Å². The Kier molecular flexibility index (Phi) is 6.52. The van der Waals surface area contributed by atoms with Crippen LogP contribution in [0.15, 0.2) is 59.1 Å². The summed E-state index contributed by atoms with van der Waals surface area (Å²) in [5, 5.41) is 5.70. The Morgan fingerprint density at radius 3 is 2.33 bits per heavy atom. The molecule has 126 valence electrons. The maximum Gasteiger partial charge on any atom is 0.282 e. The van der Waals surface area contributed by atoms with E-state index < -0.39 is 0 Å². The molecule has 2 amide bonds. The molecule has 0 bridgehead atoms. The molecule has 0 aliphatic carbocycles. The molecule has 0 radical (unpaired) electrons. The highest BCUT2D eigenvalue weighted by atomic mass is 79.9. The normalized spacial score (nSPS) is 13.0. The van der Waals surface area contributed by atoms with Crippen LogP contribution in [0, 0.1) is 0 Å². The van der Waals surface area contributed by atoms with Crippen LogP contribution in [0.4, 0.5) is 11.4 Å². The minimum Gasteiger partial charge on any atom is -0.321 e. The minimum atomic E-state index is -0.352. The molecule has 0 spiro atoms. The zero-order valence-corrected chi connectivity index (χ0v) is 15.3. The van der Waals surface area contributed by atoms with Gasteiger partial charge in [-0.15, -0.1) is 0 Å². The predicted molar refractivity (Wildman–Crippen MR) is 99.1 cm³/mol. The van der Waals surface area contributed by atoms with Gasteiger partial charge in [-0.2, -0.15) is 0 Å². The van der Waals surface area contributed by atoms with Gasteiger partial charge in [-0.25, -0.2) is 0 Å². The van der Waals surface area contributed by atoms with Gasteiger partial charge in [0.25, 0.3) is 11.8 Å². The van der Waals surface area contributed by atoms with Gasteiger partial charge in [-0.1, -0.05) is 30.3 Å². The third-order valence-corrected chi connectivity index (χ3v) is 4.45. The molecule has 24 heavy (non-hydrogen) atoms. The predicted octanol–water partition coefficient (Wildman–Crippen LogP) is 1.93. The number of benzene rings is 2. The molecule has 2 atom stereocenters. The first-order chi connectivity index (χ1) is 11.5. The van der Waals surface area contributed by atoms with Crippen molar-refractivity contribution in [2.45, 2.75) is 13.0 Å².